The highest BCUT2D eigenvalue weighted by atomic mass is 16.5. The van der Waals surface area contributed by atoms with Crippen molar-refractivity contribution in [3.63, 3.8) is 0 Å². The Morgan fingerprint density at radius 1 is 1.06 bits per heavy atom. The normalized spacial score (nSPS) is 14.8. The molecule has 1 heterocycles. The molecule has 33 heavy (non-hydrogen) atoms. The standard InChI is InChI=1S/C26H34N2O5/c1-5-31-23-10-8-20(16-24(23)32-6-2)13-14-27-25(29)11-12-26(30)28-17-19(4)33-22-9-7-18(3)15-21(22)28/h7-10,15-16,19H,5-6,11-14,17H2,1-4H3,(H,27,29)/t19-/m0/s1. The zero-order valence-corrected chi connectivity index (χ0v) is 20.0. The summed E-state index contributed by atoms with van der Waals surface area (Å²) in [5.41, 5.74) is 2.89. The van der Waals surface area contributed by atoms with Gasteiger partial charge in [-0.05, 0) is 69.5 Å². The zero-order chi connectivity index (χ0) is 23.8. The number of amides is 2. The first-order valence-corrected chi connectivity index (χ1v) is 11.6. The summed E-state index contributed by atoms with van der Waals surface area (Å²) in [5.74, 6) is 1.94. The number of aryl methyl sites for hydroxylation is 1. The van der Waals surface area contributed by atoms with Gasteiger partial charge in [0.2, 0.25) is 11.8 Å². The van der Waals surface area contributed by atoms with E-state index in [1.807, 2.05) is 64.1 Å². The van der Waals surface area contributed by atoms with Gasteiger partial charge in [0.25, 0.3) is 0 Å². The van der Waals surface area contributed by atoms with Crippen molar-refractivity contribution < 1.29 is 23.8 Å². The van der Waals surface area contributed by atoms with Gasteiger partial charge >= 0.3 is 0 Å². The fourth-order valence-corrected chi connectivity index (χ4v) is 3.82. The van der Waals surface area contributed by atoms with E-state index < -0.39 is 0 Å². The molecule has 0 spiro atoms. The van der Waals surface area contributed by atoms with Gasteiger partial charge in [0, 0.05) is 19.4 Å². The van der Waals surface area contributed by atoms with Crippen LogP contribution in [0, 0.1) is 6.92 Å². The number of nitrogens with zero attached hydrogens (tertiary/aromatic N) is 1. The molecule has 1 aliphatic rings. The van der Waals surface area contributed by atoms with Crippen molar-refractivity contribution in [2.75, 3.05) is 31.2 Å². The summed E-state index contributed by atoms with van der Waals surface area (Å²) in [5, 5.41) is 2.91. The number of benzene rings is 2. The maximum Gasteiger partial charge on any atom is 0.227 e. The molecule has 0 radical (unpaired) electrons. The highest BCUT2D eigenvalue weighted by Gasteiger charge is 2.27. The van der Waals surface area contributed by atoms with Crippen molar-refractivity contribution >= 4 is 17.5 Å². The molecular formula is C26H34N2O5. The number of carbonyl (C=O) groups is 2. The minimum Gasteiger partial charge on any atom is -0.490 e. The number of anilines is 1. The second-order valence-electron chi connectivity index (χ2n) is 8.15. The van der Waals surface area contributed by atoms with Crippen molar-refractivity contribution in [1.82, 2.24) is 5.32 Å². The average molecular weight is 455 g/mol. The Kier molecular flexibility index (Phi) is 8.58. The maximum atomic E-state index is 12.9. The van der Waals surface area contributed by atoms with Crippen molar-refractivity contribution in [1.29, 1.82) is 0 Å². The predicted molar refractivity (Wildman–Crippen MR) is 128 cm³/mol. The van der Waals surface area contributed by atoms with Crippen LogP contribution in [0.5, 0.6) is 17.2 Å². The molecule has 0 fully saturated rings. The smallest absolute Gasteiger partial charge is 0.227 e. The van der Waals surface area contributed by atoms with E-state index >= 15 is 0 Å². The van der Waals surface area contributed by atoms with Gasteiger partial charge in [-0.2, -0.15) is 0 Å². The van der Waals surface area contributed by atoms with Crippen LogP contribution in [0.3, 0.4) is 0 Å². The molecular weight excluding hydrogens is 420 g/mol. The number of nitrogens with one attached hydrogen (secondary N) is 1. The molecule has 7 heteroatoms. The van der Waals surface area contributed by atoms with Crippen molar-refractivity contribution in [3.8, 4) is 17.2 Å². The zero-order valence-electron chi connectivity index (χ0n) is 20.0. The quantitative estimate of drug-likeness (QED) is 0.586. The van der Waals surface area contributed by atoms with E-state index in [4.69, 9.17) is 14.2 Å². The number of ether oxygens (including phenoxy) is 3. The second-order valence-corrected chi connectivity index (χ2v) is 8.15. The third-order valence-corrected chi connectivity index (χ3v) is 5.38. The summed E-state index contributed by atoms with van der Waals surface area (Å²) in [6.07, 6.45) is 0.885. The van der Waals surface area contributed by atoms with E-state index in [0.29, 0.717) is 44.2 Å². The summed E-state index contributed by atoms with van der Waals surface area (Å²) >= 11 is 0. The second kappa shape index (κ2) is 11.6. The van der Waals surface area contributed by atoms with Gasteiger partial charge in [0.1, 0.15) is 11.9 Å². The number of hydrogen-bond acceptors (Lipinski definition) is 5. The SMILES string of the molecule is CCOc1ccc(CCNC(=O)CCC(=O)N2C[C@H](C)Oc3ccc(C)cc32)cc1OCC. The first kappa shape index (κ1) is 24.4. The van der Waals surface area contributed by atoms with Crippen LogP contribution in [-0.4, -0.2) is 44.2 Å². The van der Waals surface area contributed by atoms with Crippen LogP contribution in [0.15, 0.2) is 36.4 Å². The first-order valence-electron chi connectivity index (χ1n) is 11.6. The topological polar surface area (TPSA) is 77.1 Å². The summed E-state index contributed by atoms with van der Waals surface area (Å²) in [7, 11) is 0. The summed E-state index contributed by atoms with van der Waals surface area (Å²) in [6, 6.07) is 11.6. The van der Waals surface area contributed by atoms with E-state index in [-0.39, 0.29) is 30.8 Å². The van der Waals surface area contributed by atoms with E-state index in [2.05, 4.69) is 5.32 Å². The maximum absolute atomic E-state index is 12.9. The molecule has 7 nitrogen and oxygen atoms in total. The molecule has 0 saturated carbocycles. The molecule has 1 aliphatic heterocycles. The van der Waals surface area contributed by atoms with E-state index in [1.54, 1.807) is 4.90 Å². The average Bonchev–Trinajstić information content (AvgIpc) is 2.79. The molecule has 1 atom stereocenters. The third kappa shape index (κ3) is 6.63. The third-order valence-electron chi connectivity index (χ3n) is 5.38. The lowest BCUT2D eigenvalue weighted by Crippen LogP contribution is -2.42. The highest BCUT2D eigenvalue weighted by molar-refractivity contribution is 5.97. The molecule has 0 aliphatic carbocycles. The number of carbonyl (C=O) groups excluding carboxylic acids is 2. The van der Waals surface area contributed by atoms with Gasteiger partial charge in [-0.25, -0.2) is 0 Å². The van der Waals surface area contributed by atoms with Gasteiger partial charge in [-0.15, -0.1) is 0 Å². The number of hydrogen-bond donors (Lipinski definition) is 1. The number of rotatable bonds is 10. The predicted octanol–water partition coefficient (Wildman–Crippen LogP) is 4.05. The van der Waals surface area contributed by atoms with Gasteiger partial charge in [0.05, 0.1) is 25.4 Å². The van der Waals surface area contributed by atoms with Crippen LogP contribution < -0.4 is 24.4 Å². The molecule has 2 aromatic rings. The Bertz CT molecular complexity index is 975. The van der Waals surface area contributed by atoms with Crippen molar-refractivity contribution in [2.45, 2.75) is 53.1 Å². The Hall–Kier alpha value is -3.22. The Morgan fingerprint density at radius 2 is 1.82 bits per heavy atom. The molecule has 0 bridgehead atoms. The number of fused-ring (bicyclic) bond motifs is 1. The van der Waals surface area contributed by atoms with Gasteiger partial charge < -0.3 is 24.4 Å². The fourth-order valence-electron chi connectivity index (χ4n) is 3.82. The minimum absolute atomic E-state index is 0.0694. The molecule has 3 rings (SSSR count). The lowest BCUT2D eigenvalue weighted by molar-refractivity contribution is -0.125. The Morgan fingerprint density at radius 3 is 2.58 bits per heavy atom. The Balaban J connectivity index is 1.49. The van der Waals surface area contributed by atoms with Crippen LogP contribution in [0.25, 0.3) is 0 Å². The largest absolute Gasteiger partial charge is 0.490 e. The molecule has 1 N–H and O–H groups in total. The van der Waals surface area contributed by atoms with Crippen LogP contribution in [-0.2, 0) is 16.0 Å². The van der Waals surface area contributed by atoms with Crippen molar-refractivity contribution in [2.24, 2.45) is 0 Å². The fraction of sp³-hybridized carbons (Fsp3) is 0.462. The lowest BCUT2D eigenvalue weighted by atomic mass is 10.1. The van der Waals surface area contributed by atoms with Crippen molar-refractivity contribution in [3.05, 3.63) is 47.5 Å². The summed E-state index contributed by atoms with van der Waals surface area (Å²) < 4.78 is 17.1. The van der Waals surface area contributed by atoms with Crippen LogP contribution in [0.1, 0.15) is 44.7 Å². The molecule has 2 amide bonds. The van der Waals surface area contributed by atoms with Crippen LogP contribution in [0.4, 0.5) is 5.69 Å². The molecule has 0 unspecified atom stereocenters. The molecule has 2 aromatic carbocycles. The molecule has 0 saturated heterocycles. The van der Waals surface area contributed by atoms with E-state index in [1.165, 1.54) is 0 Å². The highest BCUT2D eigenvalue weighted by Crippen LogP contribution is 2.34. The monoisotopic (exact) mass is 454 g/mol. The lowest BCUT2D eigenvalue weighted by Gasteiger charge is -2.33. The summed E-state index contributed by atoms with van der Waals surface area (Å²) in [4.78, 5) is 26.9. The Labute approximate surface area is 196 Å². The van der Waals surface area contributed by atoms with Gasteiger partial charge in [-0.3, -0.25) is 9.59 Å². The van der Waals surface area contributed by atoms with Gasteiger partial charge in [-0.1, -0.05) is 12.1 Å². The molecule has 0 aromatic heterocycles. The minimum atomic E-state index is -0.134. The first-order chi connectivity index (χ1) is 15.9. The molecule has 178 valence electrons. The van der Waals surface area contributed by atoms with Crippen LogP contribution in [0.2, 0.25) is 0 Å². The summed E-state index contributed by atoms with van der Waals surface area (Å²) in [6.45, 7) is 9.89. The van der Waals surface area contributed by atoms with E-state index in [9.17, 15) is 9.59 Å². The van der Waals surface area contributed by atoms with Gasteiger partial charge in [0.15, 0.2) is 11.5 Å². The van der Waals surface area contributed by atoms with E-state index in [0.717, 1.165) is 22.6 Å². The van der Waals surface area contributed by atoms with Crippen LogP contribution >= 0.6 is 0 Å².